The fourth-order valence-electron chi connectivity index (χ4n) is 4.13. The molecule has 4 rings (SSSR count). The first-order valence-electron chi connectivity index (χ1n) is 10.7. The quantitative estimate of drug-likeness (QED) is 0.614. The number of rotatable bonds is 9. The number of amides is 1. The highest BCUT2D eigenvalue weighted by Gasteiger charge is 2.27. The van der Waals surface area contributed by atoms with E-state index in [-0.39, 0.29) is 12.7 Å². The van der Waals surface area contributed by atoms with E-state index >= 15 is 0 Å². The van der Waals surface area contributed by atoms with Gasteiger partial charge in [0.05, 0.1) is 14.2 Å². The Labute approximate surface area is 183 Å². The summed E-state index contributed by atoms with van der Waals surface area (Å²) in [6, 6.07) is 9.84. The second-order valence-corrected chi connectivity index (χ2v) is 8.00. The fraction of sp³-hybridized carbons (Fsp3) is 0.458. The zero-order valence-corrected chi connectivity index (χ0v) is 18.5. The Kier molecular flexibility index (Phi) is 6.51. The molecule has 2 aromatic carbocycles. The van der Waals surface area contributed by atoms with Crippen LogP contribution in [0.1, 0.15) is 27.9 Å². The number of carbonyl (C=O) groups is 1. The van der Waals surface area contributed by atoms with Gasteiger partial charge in [0.2, 0.25) is 6.79 Å². The molecule has 1 amide bonds. The number of benzene rings is 2. The number of hydrogen-bond donors (Lipinski definition) is 0. The molecule has 0 spiro atoms. The molecule has 7 heteroatoms. The van der Waals surface area contributed by atoms with Crippen LogP contribution >= 0.6 is 0 Å². The summed E-state index contributed by atoms with van der Waals surface area (Å²) in [7, 11) is 5.42. The van der Waals surface area contributed by atoms with Crippen molar-refractivity contribution in [2.45, 2.75) is 19.3 Å². The van der Waals surface area contributed by atoms with E-state index in [0.717, 1.165) is 73.8 Å². The van der Waals surface area contributed by atoms with Crippen molar-refractivity contribution in [1.82, 2.24) is 9.80 Å². The summed E-state index contributed by atoms with van der Waals surface area (Å²) >= 11 is 0. The van der Waals surface area contributed by atoms with Gasteiger partial charge in [0, 0.05) is 25.2 Å². The van der Waals surface area contributed by atoms with Gasteiger partial charge in [-0.3, -0.25) is 4.79 Å². The minimum Gasteiger partial charge on any atom is -0.493 e. The van der Waals surface area contributed by atoms with Gasteiger partial charge in [-0.15, -0.1) is 0 Å². The van der Waals surface area contributed by atoms with Gasteiger partial charge >= 0.3 is 0 Å². The van der Waals surface area contributed by atoms with E-state index in [1.54, 1.807) is 14.2 Å². The molecule has 0 radical (unpaired) electrons. The first-order valence-corrected chi connectivity index (χ1v) is 10.7. The van der Waals surface area contributed by atoms with Crippen molar-refractivity contribution in [1.29, 1.82) is 0 Å². The van der Waals surface area contributed by atoms with Crippen molar-refractivity contribution < 1.29 is 23.7 Å². The second kappa shape index (κ2) is 9.47. The van der Waals surface area contributed by atoms with Crippen LogP contribution in [0.4, 0.5) is 0 Å². The third-order valence-corrected chi connectivity index (χ3v) is 5.97. The van der Waals surface area contributed by atoms with Crippen LogP contribution in [0.2, 0.25) is 0 Å². The van der Waals surface area contributed by atoms with E-state index in [1.807, 2.05) is 29.2 Å². The van der Waals surface area contributed by atoms with Crippen molar-refractivity contribution in [2.24, 2.45) is 0 Å². The van der Waals surface area contributed by atoms with Crippen molar-refractivity contribution >= 4 is 5.91 Å². The first kappa shape index (κ1) is 21.3. The summed E-state index contributed by atoms with van der Waals surface area (Å²) in [5, 5.41) is 0. The topological polar surface area (TPSA) is 60.5 Å². The van der Waals surface area contributed by atoms with E-state index in [4.69, 9.17) is 18.9 Å². The zero-order valence-electron chi connectivity index (χ0n) is 18.5. The third-order valence-electron chi connectivity index (χ3n) is 5.97. The summed E-state index contributed by atoms with van der Waals surface area (Å²) in [6.07, 6.45) is 2.72. The standard InChI is InChI=1S/C24H30N2O5/c1-25(11-7-17-5-6-20(28-2)21(13-17)29-3)9-4-10-26-12-8-18-14-22-23(31-16-30-22)15-19(18)24(26)27/h5-6,13-15H,4,7-12,16H2,1-3H3. The Balaban J connectivity index is 1.24. The Hall–Kier alpha value is -2.93. The van der Waals surface area contributed by atoms with Crippen LogP contribution < -0.4 is 18.9 Å². The van der Waals surface area contributed by atoms with Gasteiger partial charge < -0.3 is 28.7 Å². The van der Waals surface area contributed by atoms with Crippen LogP contribution in [0.15, 0.2) is 30.3 Å². The SMILES string of the molecule is COc1ccc(CCN(C)CCCN2CCc3cc4c(cc3C2=O)OCO4)cc1OC. The number of nitrogens with zero attached hydrogens (tertiary/aromatic N) is 2. The maximum atomic E-state index is 12.9. The van der Waals surface area contributed by atoms with E-state index < -0.39 is 0 Å². The summed E-state index contributed by atoms with van der Waals surface area (Å²) in [5.41, 5.74) is 3.01. The molecule has 0 aliphatic carbocycles. The Morgan fingerprint density at radius 1 is 1.03 bits per heavy atom. The van der Waals surface area contributed by atoms with Gasteiger partial charge in [-0.2, -0.15) is 0 Å². The Bertz CT molecular complexity index is 946. The summed E-state index contributed by atoms with van der Waals surface area (Å²) in [6.45, 7) is 3.61. The Morgan fingerprint density at radius 2 is 1.81 bits per heavy atom. The van der Waals surface area contributed by atoms with Crippen LogP contribution in [-0.2, 0) is 12.8 Å². The molecule has 7 nitrogen and oxygen atoms in total. The van der Waals surface area contributed by atoms with E-state index in [2.05, 4.69) is 18.0 Å². The average Bonchev–Trinajstić information content (AvgIpc) is 3.25. The molecule has 0 fully saturated rings. The number of likely N-dealkylation sites (N-methyl/N-ethyl adjacent to an activating group) is 1. The molecule has 0 atom stereocenters. The Morgan fingerprint density at radius 3 is 2.58 bits per heavy atom. The number of methoxy groups -OCH3 is 2. The maximum absolute atomic E-state index is 12.9. The van der Waals surface area contributed by atoms with E-state index in [1.165, 1.54) is 5.56 Å². The zero-order chi connectivity index (χ0) is 21.8. The molecule has 2 aliphatic rings. The summed E-state index contributed by atoms with van der Waals surface area (Å²) < 4.78 is 21.6. The number of fused-ring (bicyclic) bond motifs is 2. The fourth-order valence-corrected chi connectivity index (χ4v) is 4.13. The summed E-state index contributed by atoms with van der Waals surface area (Å²) in [5.74, 6) is 3.01. The minimum atomic E-state index is 0.0903. The van der Waals surface area contributed by atoms with Crippen molar-refractivity contribution in [3.63, 3.8) is 0 Å². The molecule has 0 saturated carbocycles. The maximum Gasteiger partial charge on any atom is 0.254 e. The van der Waals surface area contributed by atoms with Gasteiger partial charge in [0.25, 0.3) is 5.91 Å². The highest BCUT2D eigenvalue weighted by molar-refractivity contribution is 5.97. The molecule has 0 saturated heterocycles. The lowest BCUT2D eigenvalue weighted by molar-refractivity contribution is 0.0733. The van der Waals surface area contributed by atoms with Gasteiger partial charge in [0.15, 0.2) is 23.0 Å². The molecular weight excluding hydrogens is 396 g/mol. The van der Waals surface area contributed by atoms with Crippen molar-refractivity contribution in [3.05, 3.63) is 47.0 Å². The molecule has 2 aliphatic heterocycles. The molecule has 0 aromatic heterocycles. The number of hydrogen-bond acceptors (Lipinski definition) is 6. The normalized spacial score (nSPS) is 14.7. The van der Waals surface area contributed by atoms with Gasteiger partial charge in [-0.05, 0) is 68.2 Å². The largest absolute Gasteiger partial charge is 0.493 e. The molecule has 31 heavy (non-hydrogen) atoms. The molecule has 2 heterocycles. The highest BCUT2D eigenvalue weighted by atomic mass is 16.7. The summed E-state index contributed by atoms with van der Waals surface area (Å²) in [4.78, 5) is 17.2. The number of ether oxygens (including phenoxy) is 4. The molecule has 0 bridgehead atoms. The molecular formula is C24H30N2O5. The molecule has 2 aromatic rings. The first-order chi connectivity index (χ1) is 15.1. The predicted molar refractivity (Wildman–Crippen MR) is 118 cm³/mol. The second-order valence-electron chi connectivity index (χ2n) is 8.00. The predicted octanol–water partition coefficient (Wildman–Crippen LogP) is 3.00. The molecule has 166 valence electrons. The van der Waals surface area contributed by atoms with Crippen LogP contribution in [0, 0.1) is 0 Å². The van der Waals surface area contributed by atoms with Gasteiger partial charge in [0.1, 0.15) is 0 Å². The minimum absolute atomic E-state index is 0.0903. The third kappa shape index (κ3) is 4.71. The smallest absolute Gasteiger partial charge is 0.254 e. The lowest BCUT2D eigenvalue weighted by Gasteiger charge is -2.29. The molecule has 0 unspecified atom stereocenters. The van der Waals surface area contributed by atoms with Crippen LogP contribution in [0.25, 0.3) is 0 Å². The van der Waals surface area contributed by atoms with Crippen LogP contribution in [0.3, 0.4) is 0 Å². The van der Waals surface area contributed by atoms with Gasteiger partial charge in [-0.25, -0.2) is 0 Å². The average molecular weight is 427 g/mol. The van der Waals surface area contributed by atoms with Crippen molar-refractivity contribution in [2.75, 3.05) is 54.2 Å². The lowest BCUT2D eigenvalue weighted by Crippen LogP contribution is -2.39. The number of carbonyl (C=O) groups excluding carboxylic acids is 1. The lowest BCUT2D eigenvalue weighted by atomic mass is 9.98. The molecule has 0 N–H and O–H groups in total. The van der Waals surface area contributed by atoms with Gasteiger partial charge in [-0.1, -0.05) is 6.07 Å². The highest BCUT2D eigenvalue weighted by Crippen LogP contribution is 2.36. The van der Waals surface area contributed by atoms with Crippen molar-refractivity contribution in [3.8, 4) is 23.0 Å². The van der Waals surface area contributed by atoms with E-state index in [9.17, 15) is 4.79 Å². The monoisotopic (exact) mass is 426 g/mol. The van der Waals surface area contributed by atoms with Crippen LogP contribution in [0.5, 0.6) is 23.0 Å². The van der Waals surface area contributed by atoms with Crippen LogP contribution in [-0.4, -0.2) is 69.9 Å². The van der Waals surface area contributed by atoms with E-state index in [0.29, 0.717) is 5.75 Å².